The number of rotatable bonds is 5. The minimum absolute atomic E-state index is 0.0639. The molecule has 2 aliphatic rings. The summed E-state index contributed by atoms with van der Waals surface area (Å²) >= 11 is 0. The molecule has 0 saturated heterocycles. The highest BCUT2D eigenvalue weighted by Gasteiger charge is 2.39. The molecule has 7 nitrogen and oxygen atoms in total. The molecule has 5 rings (SSSR count). The van der Waals surface area contributed by atoms with E-state index < -0.39 is 0 Å². The van der Waals surface area contributed by atoms with Gasteiger partial charge in [0, 0.05) is 35.3 Å². The molecule has 31 heavy (non-hydrogen) atoms. The van der Waals surface area contributed by atoms with Gasteiger partial charge in [0.25, 0.3) is 5.69 Å². The lowest BCUT2D eigenvalue weighted by molar-refractivity contribution is -0.384. The van der Waals surface area contributed by atoms with E-state index in [1.54, 1.807) is 12.1 Å². The summed E-state index contributed by atoms with van der Waals surface area (Å²) in [5.41, 5.74) is 6.49. The van der Waals surface area contributed by atoms with Gasteiger partial charge >= 0.3 is 0 Å². The van der Waals surface area contributed by atoms with Crippen molar-refractivity contribution < 1.29 is 9.72 Å². The van der Waals surface area contributed by atoms with Gasteiger partial charge in [-0.1, -0.05) is 42.5 Å². The molecule has 2 atom stereocenters. The number of nitrogens with zero attached hydrogens (tertiary/aromatic N) is 2. The van der Waals surface area contributed by atoms with Crippen LogP contribution in [0.2, 0.25) is 0 Å². The van der Waals surface area contributed by atoms with Gasteiger partial charge in [0.05, 0.1) is 10.8 Å². The fraction of sp³-hybridized carbons (Fsp3) is 0.0833. The van der Waals surface area contributed by atoms with Crippen molar-refractivity contribution >= 4 is 40.8 Å². The molecule has 0 spiro atoms. The van der Waals surface area contributed by atoms with E-state index in [2.05, 4.69) is 10.6 Å². The lowest BCUT2D eigenvalue weighted by Gasteiger charge is -2.27. The Morgan fingerprint density at radius 2 is 1.77 bits per heavy atom. The van der Waals surface area contributed by atoms with Gasteiger partial charge in [-0.15, -0.1) is 0 Å². The third-order valence-electron chi connectivity index (χ3n) is 5.67. The third kappa shape index (κ3) is 3.26. The largest absolute Gasteiger partial charge is 0.363 e. The van der Waals surface area contributed by atoms with Crippen molar-refractivity contribution in [2.45, 2.75) is 12.1 Å². The topological polar surface area (TPSA) is 96.6 Å². The van der Waals surface area contributed by atoms with Crippen LogP contribution in [0.4, 0.5) is 17.1 Å². The highest BCUT2D eigenvalue weighted by Crippen LogP contribution is 2.50. The summed E-state index contributed by atoms with van der Waals surface area (Å²) in [5.74, 6) is -0.162. The lowest BCUT2D eigenvalue weighted by Crippen LogP contribution is -2.23. The van der Waals surface area contributed by atoms with Crippen molar-refractivity contribution in [3.63, 3.8) is 0 Å². The average molecular weight is 410 g/mol. The number of aliphatic imine (C=N–C) groups is 1. The fourth-order valence-corrected chi connectivity index (χ4v) is 4.29. The number of dihydropyridines is 1. The third-order valence-corrected chi connectivity index (χ3v) is 5.67. The Labute approximate surface area is 178 Å². The minimum Gasteiger partial charge on any atom is -0.363 e. The first-order chi connectivity index (χ1) is 15.2. The van der Waals surface area contributed by atoms with E-state index >= 15 is 0 Å². The monoisotopic (exact) mass is 410 g/mol. The molecule has 2 aliphatic heterocycles. The van der Waals surface area contributed by atoms with Gasteiger partial charge in [0.15, 0.2) is 0 Å². The zero-order valence-corrected chi connectivity index (χ0v) is 16.4. The average Bonchev–Trinajstić information content (AvgIpc) is 3.18. The molecule has 2 N–H and O–H groups in total. The van der Waals surface area contributed by atoms with Gasteiger partial charge < -0.3 is 10.6 Å². The summed E-state index contributed by atoms with van der Waals surface area (Å²) in [6, 6.07) is 22.5. The molecule has 0 fully saturated rings. The van der Waals surface area contributed by atoms with Crippen molar-refractivity contribution in [1.29, 1.82) is 0 Å². The molecule has 2 heterocycles. The first-order valence-corrected chi connectivity index (χ1v) is 9.84. The van der Waals surface area contributed by atoms with Crippen LogP contribution in [0.15, 0.2) is 77.8 Å². The highest BCUT2D eigenvalue weighted by molar-refractivity contribution is 6.22. The van der Waals surface area contributed by atoms with E-state index in [1.807, 2.05) is 60.8 Å². The molecule has 3 aromatic rings. The molecule has 0 aliphatic carbocycles. The number of hydrogen-bond acceptors (Lipinski definition) is 5. The van der Waals surface area contributed by atoms with Gasteiger partial charge in [0.1, 0.15) is 6.17 Å². The molecular formula is C24H18N4O3. The smallest absolute Gasteiger partial charge is 0.269 e. The summed E-state index contributed by atoms with van der Waals surface area (Å²) in [6.45, 7) is 0. The second-order valence-corrected chi connectivity index (χ2v) is 7.41. The van der Waals surface area contributed by atoms with Crippen molar-refractivity contribution in [3.05, 3.63) is 99.6 Å². The second kappa shape index (κ2) is 7.53. The van der Waals surface area contributed by atoms with Gasteiger partial charge in [-0.05, 0) is 40.5 Å². The summed E-state index contributed by atoms with van der Waals surface area (Å²) in [7, 11) is 0. The number of anilines is 2. The SMILES string of the molecule is O=CNc1ccc(C2=C(c3ccccc3)C3c4cc([N+](=O)[O-])ccc4NC3N=C2)cc1. The Hall–Kier alpha value is -4.26. The van der Waals surface area contributed by atoms with Crippen LogP contribution >= 0.6 is 0 Å². The van der Waals surface area contributed by atoms with E-state index in [9.17, 15) is 14.9 Å². The van der Waals surface area contributed by atoms with Crippen molar-refractivity contribution in [1.82, 2.24) is 0 Å². The van der Waals surface area contributed by atoms with Gasteiger partial charge in [-0.25, -0.2) is 0 Å². The highest BCUT2D eigenvalue weighted by atomic mass is 16.6. The van der Waals surface area contributed by atoms with Crippen LogP contribution in [0, 0.1) is 10.1 Å². The van der Waals surface area contributed by atoms with E-state index in [4.69, 9.17) is 4.99 Å². The maximum Gasteiger partial charge on any atom is 0.269 e. The number of fused-ring (bicyclic) bond motifs is 3. The Morgan fingerprint density at radius 1 is 1.00 bits per heavy atom. The van der Waals surface area contributed by atoms with Crippen molar-refractivity contribution in [2.24, 2.45) is 4.99 Å². The Kier molecular flexibility index (Phi) is 4.55. The van der Waals surface area contributed by atoms with Crippen LogP contribution < -0.4 is 10.6 Å². The number of nitro benzene ring substituents is 1. The molecule has 152 valence electrons. The maximum absolute atomic E-state index is 11.4. The molecule has 1 amide bonds. The molecule has 0 aromatic heterocycles. The zero-order valence-electron chi connectivity index (χ0n) is 16.4. The number of non-ortho nitro benzene ring substituents is 1. The summed E-state index contributed by atoms with van der Waals surface area (Å²) in [4.78, 5) is 26.5. The number of carbonyl (C=O) groups is 1. The van der Waals surface area contributed by atoms with Crippen LogP contribution in [-0.4, -0.2) is 23.7 Å². The number of amides is 1. The van der Waals surface area contributed by atoms with E-state index in [0.29, 0.717) is 12.1 Å². The van der Waals surface area contributed by atoms with Crippen LogP contribution in [-0.2, 0) is 4.79 Å². The number of nitro groups is 1. The zero-order chi connectivity index (χ0) is 21.4. The summed E-state index contributed by atoms with van der Waals surface area (Å²) in [5, 5.41) is 17.4. The van der Waals surface area contributed by atoms with Crippen molar-refractivity contribution in [3.8, 4) is 0 Å². The molecule has 0 saturated carbocycles. The number of allylic oxidation sites excluding steroid dienone is 1. The Morgan fingerprint density at radius 3 is 2.48 bits per heavy atom. The first-order valence-electron chi connectivity index (χ1n) is 9.84. The second-order valence-electron chi connectivity index (χ2n) is 7.41. The molecule has 0 radical (unpaired) electrons. The Balaban J connectivity index is 1.70. The van der Waals surface area contributed by atoms with Crippen molar-refractivity contribution in [2.75, 3.05) is 10.6 Å². The fourth-order valence-electron chi connectivity index (χ4n) is 4.29. The van der Waals surface area contributed by atoms with E-state index in [-0.39, 0.29) is 22.7 Å². The molecule has 0 bridgehead atoms. The summed E-state index contributed by atoms with van der Waals surface area (Å²) in [6.07, 6.45) is 2.27. The number of nitrogens with one attached hydrogen (secondary N) is 2. The predicted octanol–water partition coefficient (Wildman–Crippen LogP) is 4.69. The van der Waals surface area contributed by atoms with Gasteiger partial charge in [0.2, 0.25) is 6.41 Å². The molecular weight excluding hydrogens is 392 g/mol. The normalized spacial score (nSPS) is 18.7. The number of hydrogen-bond donors (Lipinski definition) is 2. The van der Waals surface area contributed by atoms with E-state index in [0.717, 1.165) is 33.5 Å². The summed E-state index contributed by atoms with van der Waals surface area (Å²) < 4.78 is 0. The molecule has 7 heteroatoms. The Bertz CT molecular complexity index is 1230. The maximum atomic E-state index is 11.4. The van der Waals surface area contributed by atoms with Crippen LogP contribution in [0.3, 0.4) is 0 Å². The number of benzene rings is 3. The van der Waals surface area contributed by atoms with Crippen LogP contribution in [0.5, 0.6) is 0 Å². The standard InChI is InChI=1S/C24H18N4O3/c29-14-26-17-8-6-15(7-9-17)20-13-25-24-23(22(20)16-4-2-1-3-5-16)19-12-18(28(30)31)10-11-21(19)27-24/h1-14,23-24,27H,(H,26,29). The predicted molar refractivity (Wildman–Crippen MR) is 121 cm³/mol. The van der Waals surface area contributed by atoms with Gasteiger partial charge in [-0.3, -0.25) is 19.9 Å². The molecule has 3 aromatic carbocycles. The first kappa shape index (κ1) is 18.7. The lowest BCUT2D eigenvalue weighted by atomic mass is 9.80. The minimum atomic E-state index is -0.370. The van der Waals surface area contributed by atoms with E-state index in [1.165, 1.54) is 6.07 Å². The van der Waals surface area contributed by atoms with Crippen LogP contribution in [0.1, 0.15) is 22.6 Å². The quantitative estimate of drug-likeness (QED) is 0.362. The molecule has 2 unspecified atom stereocenters. The van der Waals surface area contributed by atoms with Crippen LogP contribution in [0.25, 0.3) is 11.1 Å². The van der Waals surface area contributed by atoms with Gasteiger partial charge in [-0.2, -0.15) is 0 Å². The number of carbonyl (C=O) groups excluding carboxylic acids is 1.